The first-order chi connectivity index (χ1) is 9.15. The second-order valence-corrected chi connectivity index (χ2v) is 4.60. The first-order valence-corrected chi connectivity index (χ1v) is 6.38. The Morgan fingerprint density at radius 1 is 1.11 bits per heavy atom. The highest BCUT2D eigenvalue weighted by atomic mass is 19.1. The molecular weight excluding hydrogens is 241 g/mol. The molecule has 0 amide bonds. The number of rotatable bonds is 5. The van der Waals surface area contributed by atoms with Crippen molar-refractivity contribution in [3.8, 4) is 5.75 Å². The number of benzene rings is 2. The van der Waals surface area contributed by atoms with Gasteiger partial charge in [0.2, 0.25) is 0 Å². The number of halogens is 1. The molecule has 0 spiro atoms. The number of anilines is 1. The Morgan fingerprint density at radius 3 is 2.53 bits per heavy atom. The van der Waals surface area contributed by atoms with Crippen LogP contribution < -0.4 is 10.5 Å². The molecular formula is C16H18FNO. The van der Waals surface area contributed by atoms with Gasteiger partial charge in [-0.3, -0.25) is 0 Å². The summed E-state index contributed by atoms with van der Waals surface area (Å²) in [6.45, 7) is 2.35. The van der Waals surface area contributed by atoms with Crippen LogP contribution in [-0.4, -0.2) is 6.61 Å². The van der Waals surface area contributed by atoms with Gasteiger partial charge < -0.3 is 10.5 Å². The lowest BCUT2D eigenvalue weighted by Crippen LogP contribution is -2.00. The van der Waals surface area contributed by atoms with E-state index in [1.165, 1.54) is 11.6 Å². The van der Waals surface area contributed by atoms with Crippen molar-refractivity contribution in [3.63, 3.8) is 0 Å². The fourth-order valence-electron chi connectivity index (χ4n) is 1.86. The molecule has 100 valence electrons. The minimum absolute atomic E-state index is 0.200. The topological polar surface area (TPSA) is 35.2 Å². The van der Waals surface area contributed by atoms with E-state index in [0.717, 1.165) is 24.3 Å². The summed E-state index contributed by atoms with van der Waals surface area (Å²) < 4.78 is 18.7. The zero-order valence-electron chi connectivity index (χ0n) is 11.0. The highest BCUT2D eigenvalue weighted by Gasteiger charge is 2.00. The van der Waals surface area contributed by atoms with Gasteiger partial charge in [-0.05, 0) is 61.2 Å². The van der Waals surface area contributed by atoms with Gasteiger partial charge in [-0.2, -0.15) is 0 Å². The number of hydrogen-bond acceptors (Lipinski definition) is 2. The maximum absolute atomic E-state index is 13.1. The summed E-state index contributed by atoms with van der Waals surface area (Å²) in [7, 11) is 0. The first-order valence-electron chi connectivity index (χ1n) is 6.38. The van der Waals surface area contributed by atoms with Gasteiger partial charge in [0.25, 0.3) is 0 Å². The fraction of sp³-hybridized carbons (Fsp3) is 0.250. The number of aryl methyl sites for hydroxylation is 2. The monoisotopic (exact) mass is 259 g/mol. The van der Waals surface area contributed by atoms with E-state index in [1.54, 1.807) is 19.1 Å². The van der Waals surface area contributed by atoms with Crippen molar-refractivity contribution in [2.45, 2.75) is 19.8 Å². The summed E-state index contributed by atoms with van der Waals surface area (Å²) >= 11 is 0. The van der Waals surface area contributed by atoms with Gasteiger partial charge in [0.05, 0.1) is 6.61 Å². The van der Waals surface area contributed by atoms with Crippen LogP contribution >= 0.6 is 0 Å². The smallest absolute Gasteiger partial charge is 0.126 e. The molecule has 0 aromatic heterocycles. The van der Waals surface area contributed by atoms with Gasteiger partial charge in [-0.1, -0.05) is 12.1 Å². The summed E-state index contributed by atoms with van der Waals surface area (Å²) in [6, 6.07) is 12.7. The Hall–Kier alpha value is -2.03. The molecule has 0 saturated carbocycles. The lowest BCUT2D eigenvalue weighted by molar-refractivity contribution is 0.310. The van der Waals surface area contributed by atoms with Crippen molar-refractivity contribution in [1.29, 1.82) is 0 Å². The van der Waals surface area contributed by atoms with Crippen molar-refractivity contribution in [3.05, 3.63) is 59.4 Å². The molecule has 0 bridgehead atoms. The summed E-state index contributed by atoms with van der Waals surface area (Å²) in [5, 5.41) is 0. The van der Waals surface area contributed by atoms with E-state index in [1.807, 2.05) is 24.3 Å². The fourth-order valence-corrected chi connectivity index (χ4v) is 1.86. The number of nitrogens with two attached hydrogens (primary N) is 1. The van der Waals surface area contributed by atoms with Crippen LogP contribution in [-0.2, 0) is 6.42 Å². The standard InChI is InChI=1S/C16H18FNO/c1-12-11-15(8-9-16(12)17)19-10-2-3-13-4-6-14(18)7-5-13/h4-9,11H,2-3,10,18H2,1H3. The van der Waals surface area contributed by atoms with E-state index in [-0.39, 0.29) is 5.82 Å². The van der Waals surface area contributed by atoms with Crippen molar-refractivity contribution < 1.29 is 9.13 Å². The lowest BCUT2D eigenvalue weighted by Gasteiger charge is -2.07. The zero-order valence-corrected chi connectivity index (χ0v) is 11.0. The Labute approximate surface area is 113 Å². The van der Waals surface area contributed by atoms with E-state index in [2.05, 4.69) is 0 Å². The summed E-state index contributed by atoms with van der Waals surface area (Å²) in [6.07, 6.45) is 1.86. The molecule has 0 aliphatic carbocycles. The first kappa shape index (κ1) is 13.4. The molecule has 3 heteroatoms. The van der Waals surface area contributed by atoms with Crippen LogP contribution in [0.4, 0.5) is 10.1 Å². The lowest BCUT2D eigenvalue weighted by atomic mass is 10.1. The molecule has 2 rings (SSSR count). The normalized spacial score (nSPS) is 10.4. The Bertz CT molecular complexity index is 537. The molecule has 2 nitrogen and oxygen atoms in total. The molecule has 0 saturated heterocycles. The molecule has 0 unspecified atom stereocenters. The third kappa shape index (κ3) is 3.98. The SMILES string of the molecule is Cc1cc(OCCCc2ccc(N)cc2)ccc1F. The molecule has 0 aliphatic rings. The predicted octanol–water partition coefficient (Wildman–Crippen LogP) is 3.73. The second-order valence-electron chi connectivity index (χ2n) is 4.60. The van der Waals surface area contributed by atoms with E-state index in [4.69, 9.17) is 10.5 Å². The predicted molar refractivity (Wildman–Crippen MR) is 75.8 cm³/mol. The van der Waals surface area contributed by atoms with Gasteiger partial charge >= 0.3 is 0 Å². The third-order valence-electron chi connectivity index (χ3n) is 2.99. The second kappa shape index (κ2) is 6.23. The Morgan fingerprint density at radius 2 is 1.84 bits per heavy atom. The molecule has 2 N–H and O–H groups in total. The van der Waals surface area contributed by atoms with Crippen molar-refractivity contribution in [2.75, 3.05) is 12.3 Å². The molecule has 0 aliphatic heterocycles. The average Bonchev–Trinajstić information content (AvgIpc) is 2.41. The van der Waals surface area contributed by atoms with Gasteiger partial charge in [-0.15, -0.1) is 0 Å². The van der Waals surface area contributed by atoms with Crippen LogP contribution in [0.25, 0.3) is 0 Å². The largest absolute Gasteiger partial charge is 0.494 e. The van der Waals surface area contributed by atoms with Crippen LogP contribution in [0.15, 0.2) is 42.5 Å². The van der Waals surface area contributed by atoms with E-state index < -0.39 is 0 Å². The molecule has 0 radical (unpaired) electrons. The number of hydrogen-bond donors (Lipinski definition) is 1. The van der Waals surface area contributed by atoms with E-state index in [0.29, 0.717) is 12.2 Å². The Balaban J connectivity index is 1.77. The van der Waals surface area contributed by atoms with Crippen molar-refractivity contribution in [2.24, 2.45) is 0 Å². The average molecular weight is 259 g/mol. The molecule has 2 aromatic rings. The molecule has 0 fully saturated rings. The molecule has 19 heavy (non-hydrogen) atoms. The van der Waals surface area contributed by atoms with Crippen molar-refractivity contribution in [1.82, 2.24) is 0 Å². The molecule has 0 heterocycles. The number of nitrogen functional groups attached to an aromatic ring is 1. The van der Waals surface area contributed by atoms with Gasteiger partial charge in [0.1, 0.15) is 11.6 Å². The quantitative estimate of drug-likeness (QED) is 0.656. The van der Waals surface area contributed by atoms with Crippen molar-refractivity contribution >= 4 is 5.69 Å². The van der Waals surface area contributed by atoms with E-state index >= 15 is 0 Å². The van der Waals surface area contributed by atoms with Crippen LogP contribution in [0.1, 0.15) is 17.5 Å². The maximum atomic E-state index is 13.1. The summed E-state index contributed by atoms with van der Waals surface area (Å²) in [5.74, 6) is 0.519. The van der Waals surface area contributed by atoms with Gasteiger partial charge in [-0.25, -0.2) is 4.39 Å². The third-order valence-corrected chi connectivity index (χ3v) is 2.99. The van der Waals surface area contributed by atoms with Gasteiger partial charge in [0, 0.05) is 5.69 Å². The summed E-state index contributed by atoms with van der Waals surface area (Å²) in [4.78, 5) is 0. The Kier molecular flexibility index (Phi) is 4.39. The molecule has 0 atom stereocenters. The minimum Gasteiger partial charge on any atom is -0.494 e. The molecule has 2 aromatic carbocycles. The highest BCUT2D eigenvalue weighted by molar-refractivity contribution is 5.39. The van der Waals surface area contributed by atoms with Crippen LogP contribution in [0.2, 0.25) is 0 Å². The highest BCUT2D eigenvalue weighted by Crippen LogP contribution is 2.16. The van der Waals surface area contributed by atoms with Crippen LogP contribution in [0.3, 0.4) is 0 Å². The van der Waals surface area contributed by atoms with Crippen LogP contribution in [0, 0.1) is 12.7 Å². The summed E-state index contributed by atoms with van der Waals surface area (Å²) in [5.41, 5.74) is 8.26. The van der Waals surface area contributed by atoms with Gasteiger partial charge in [0.15, 0.2) is 0 Å². The minimum atomic E-state index is -0.200. The number of ether oxygens (including phenoxy) is 1. The zero-order chi connectivity index (χ0) is 13.7. The van der Waals surface area contributed by atoms with Crippen LogP contribution in [0.5, 0.6) is 5.75 Å². The van der Waals surface area contributed by atoms with E-state index in [9.17, 15) is 4.39 Å². The maximum Gasteiger partial charge on any atom is 0.126 e.